The van der Waals surface area contributed by atoms with Gasteiger partial charge in [-0.2, -0.15) is 0 Å². The van der Waals surface area contributed by atoms with Gasteiger partial charge in [-0.25, -0.2) is 4.79 Å². The van der Waals surface area contributed by atoms with E-state index in [1.807, 2.05) is 6.07 Å². The third-order valence-electron chi connectivity index (χ3n) is 1.55. The Morgan fingerprint density at radius 3 is 2.64 bits per heavy atom. The zero-order valence-corrected chi connectivity index (χ0v) is 7.36. The minimum Gasteiger partial charge on any atom is -0.429 e. The predicted molar refractivity (Wildman–Crippen MR) is 51.0 cm³/mol. The summed E-state index contributed by atoms with van der Waals surface area (Å²) in [7, 11) is 0. The molecule has 0 saturated carbocycles. The molecule has 0 aromatic heterocycles. The molecule has 0 aliphatic rings. The summed E-state index contributed by atoms with van der Waals surface area (Å²) in [5.41, 5.74) is 5.82. The summed E-state index contributed by atoms with van der Waals surface area (Å²) in [5, 5.41) is 9.48. The molecule has 1 unspecified atom stereocenters. The Morgan fingerprint density at radius 1 is 1.50 bits per heavy atom. The lowest BCUT2D eigenvalue weighted by molar-refractivity contribution is 0.165. The van der Waals surface area contributed by atoms with Gasteiger partial charge in [0.1, 0.15) is 0 Å². The fourth-order valence-electron chi connectivity index (χ4n) is 0.998. The van der Waals surface area contributed by atoms with Crippen molar-refractivity contribution >= 4 is 12.4 Å². The Kier molecular flexibility index (Phi) is 3.49. The number of rotatable bonds is 4. The molecule has 5 nitrogen and oxygen atoms in total. The Hall–Kier alpha value is -2.04. The van der Waals surface area contributed by atoms with Crippen molar-refractivity contribution in [3.8, 4) is 0 Å². The van der Waals surface area contributed by atoms with Crippen LogP contribution in [0.2, 0.25) is 0 Å². The van der Waals surface area contributed by atoms with Crippen molar-refractivity contribution in [2.24, 2.45) is 5.73 Å². The molecule has 0 aliphatic carbocycles. The van der Waals surface area contributed by atoms with Gasteiger partial charge in [-0.15, -0.1) is 0 Å². The van der Waals surface area contributed by atoms with Gasteiger partial charge in [0.2, 0.25) is 6.23 Å². The minimum atomic E-state index is -0.758. The van der Waals surface area contributed by atoms with Crippen molar-refractivity contribution in [2.75, 3.05) is 0 Å². The first-order valence-corrected chi connectivity index (χ1v) is 3.92. The van der Waals surface area contributed by atoms with Crippen LogP contribution in [-0.2, 0) is 9.53 Å². The Balaban J connectivity index is 2.77. The van der Waals surface area contributed by atoms with Gasteiger partial charge >= 0.3 is 6.47 Å². The van der Waals surface area contributed by atoms with Gasteiger partial charge in [0, 0.05) is 5.56 Å². The third kappa shape index (κ3) is 2.78. The van der Waals surface area contributed by atoms with Crippen molar-refractivity contribution in [2.45, 2.75) is 6.23 Å². The average molecular weight is 192 g/mol. The maximum absolute atomic E-state index is 10.1. The highest BCUT2D eigenvalue weighted by Gasteiger charge is 2.11. The monoisotopic (exact) mass is 192 g/mol. The number of hydrogen-bond donors (Lipinski definition) is 3. The van der Waals surface area contributed by atoms with Crippen LogP contribution < -0.4 is 11.1 Å². The summed E-state index contributed by atoms with van der Waals surface area (Å²) in [6.07, 6.45) is -0.758. The van der Waals surface area contributed by atoms with E-state index >= 15 is 0 Å². The summed E-state index contributed by atoms with van der Waals surface area (Å²) in [4.78, 5) is 10.1. The summed E-state index contributed by atoms with van der Waals surface area (Å²) in [6.45, 7) is 1.31. The molecule has 0 bridgehead atoms. The maximum Gasteiger partial charge on any atom is 0.419 e. The van der Waals surface area contributed by atoms with Crippen LogP contribution in [0.5, 0.6) is 0 Å². The molecule has 0 heterocycles. The van der Waals surface area contributed by atoms with E-state index in [-0.39, 0.29) is 5.96 Å². The van der Waals surface area contributed by atoms with Gasteiger partial charge in [0.15, 0.2) is 5.96 Å². The van der Waals surface area contributed by atoms with Crippen LogP contribution in [-0.4, -0.2) is 12.4 Å². The number of guanidine groups is 1. The first-order valence-electron chi connectivity index (χ1n) is 3.92. The molecule has 73 valence electrons. The molecule has 5 heteroatoms. The van der Waals surface area contributed by atoms with Crippen LogP contribution >= 0.6 is 0 Å². The lowest BCUT2D eigenvalue weighted by atomic mass is 10.2. The minimum absolute atomic E-state index is 0.269. The zero-order chi connectivity index (χ0) is 10.4. The van der Waals surface area contributed by atoms with Crippen molar-refractivity contribution in [1.82, 2.24) is 5.32 Å². The molecule has 0 spiro atoms. The Bertz CT molecular complexity index is 313. The molecule has 1 rings (SSSR count). The fraction of sp³-hybridized carbons (Fsp3) is 0.111. The molecule has 0 amide bonds. The maximum atomic E-state index is 10.1. The first kappa shape index (κ1) is 10.0. The molecule has 0 saturated heterocycles. The molecule has 0 fully saturated rings. The molecule has 1 atom stereocenters. The molecule has 1 aromatic rings. The van der Waals surface area contributed by atoms with Gasteiger partial charge in [-0.3, -0.25) is 5.41 Å². The van der Waals surface area contributed by atoms with Gasteiger partial charge < -0.3 is 15.8 Å². The van der Waals surface area contributed by atoms with E-state index in [0.717, 1.165) is 0 Å². The van der Waals surface area contributed by atoms with Crippen LogP contribution in [0.1, 0.15) is 11.8 Å². The zero-order valence-electron chi connectivity index (χ0n) is 7.36. The fourth-order valence-corrected chi connectivity index (χ4v) is 0.998. The van der Waals surface area contributed by atoms with Crippen LogP contribution in [0.15, 0.2) is 30.3 Å². The highest BCUT2D eigenvalue weighted by Crippen LogP contribution is 2.11. The highest BCUT2D eigenvalue weighted by molar-refractivity contribution is 5.74. The third-order valence-corrected chi connectivity index (χ3v) is 1.55. The lowest BCUT2D eigenvalue weighted by Gasteiger charge is -2.15. The van der Waals surface area contributed by atoms with Crippen LogP contribution in [0, 0.1) is 5.41 Å². The molecule has 1 radical (unpaired) electrons. The molecular formula is C9H10N3O2. The van der Waals surface area contributed by atoms with Crippen molar-refractivity contribution in [1.29, 1.82) is 5.41 Å². The number of nitrogens with two attached hydrogens (primary N) is 1. The quantitative estimate of drug-likeness (QED) is 0.362. The number of carbonyl (C=O) groups excluding carboxylic acids is 1. The van der Waals surface area contributed by atoms with Gasteiger partial charge in [-0.05, 0) is 0 Å². The first-order chi connectivity index (χ1) is 6.74. The van der Waals surface area contributed by atoms with Gasteiger partial charge in [0.05, 0.1) is 0 Å². The highest BCUT2D eigenvalue weighted by atomic mass is 16.5. The van der Waals surface area contributed by atoms with Gasteiger partial charge in [-0.1, -0.05) is 30.3 Å². The number of hydrogen-bond acceptors (Lipinski definition) is 3. The molecule has 1 aromatic carbocycles. The second-order valence-corrected chi connectivity index (χ2v) is 2.55. The predicted octanol–water partition coefficient (Wildman–Crippen LogP) is 0.252. The SMILES string of the molecule is N=C(N)NC(O[C]=O)c1ccccc1. The number of nitrogens with one attached hydrogen (secondary N) is 2. The van der Waals surface area contributed by atoms with E-state index in [1.54, 1.807) is 24.3 Å². The van der Waals surface area contributed by atoms with Crippen LogP contribution in [0.25, 0.3) is 0 Å². The van der Waals surface area contributed by atoms with Crippen molar-refractivity contribution in [3.05, 3.63) is 35.9 Å². The van der Waals surface area contributed by atoms with Gasteiger partial charge in [0.25, 0.3) is 0 Å². The largest absolute Gasteiger partial charge is 0.429 e. The Morgan fingerprint density at radius 2 is 2.14 bits per heavy atom. The van der Waals surface area contributed by atoms with E-state index in [1.165, 1.54) is 6.47 Å². The molecular weight excluding hydrogens is 182 g/mol. The normalized spacial score (nSPS) is 11.4. The summed E-state index contributed by atoms with van der Waals surface area (Å²) in [6, 6.07) is 8.91. The van der Waals surface area contributed by atoms with Crippen molar-refractivity contribution in [3.63, 3.8) is 0 Å². The number of benzene rings is 1. The van der Waals surface area contributed by atoms with E-state index < -0.39 is 6.23 Å². The number of ether oxygens (including phenoxy) is 1. The smallest absolute Gasteiger partial charge is 0.419 e. The molecule has 14 heavy (non-hydrogen) atoms. The van der Waals surface area contributed by atoms with E-state index in [0.29, 0.717) is 5.56 Å². The Labute approximate surface area is 81.4 Å². The van der Waals surface area contributed by atoms with Crippen LogP contribution in [0.4, 0.5) is 0 Å². The standard InChI is InChI=1S/C9H10N3O2/c10-9(11)12-8(14-6-13)7-4-2-1-3-5-7/h1-5,8H,(H4,10,11,12). The summed E-state index contributed by atoms with van der Waals surface area (Å²) < 4.78 is 4.60. The van der Waals surface area contributed by atoms with E-state index in [2.05, 4.69) is 10.1 Å². The van der Waals surface area contributed by atoms with Crippen LogP contribution in [0.3, 0.4) is 0 Å². The second-order valence-electron chi connectivity index (χ2n) is 2.55. The second kappa shape index (κ2) is 4.86. The van der Waals surface area contributed by atoms with E-state index in [4.69, 9.17) is 11.1 Å². The van der Waals surface area contributed by atoms with E-state index in [9.17, 15) is 4.79 Å². The topological polar surface area (TPSA) is 88.2 Å². The van der Waals surface area contributed by atoms with Crippen molar-refractivity contribution < 1.29 is 9.53 Å². The summed E-state index contributed by atoms with van der Waals surface area (Å²) in [5.74, 6) is -0.269. The lowest BCUT2D eigenvalue weighted by Crippen LogP contribution is -2.35. The average Bonchev–Trinajstić information content (AvgIpc) is 2.18. The molecule has 0 aliphatic heterocycles. The summed E-state index contributed by atoms with van der Waals surface area (Å²) >= 11 is 0. The molecule has 4 N–H and O–H groups in total.